The second-order valence-corrected chi connectivity index (χ2v) is 23.6. The first-order chi connectivity index (χ1) is 24.3. The minimum atomic E-state index is -2.37. The van der Waals surface area contributed by atoms with Gasteiger partial charge in [0.05, 0.1) is 12.6 Å². The molecule has 1 aromatic carbocycles. The smallest absolute Gasteiger partial charge is 0.417 e. The molecule has 3 amide bonds. The van der Waals surface area contributed by atoms with E-state index in [2.05, 4.69) is 39.2 Å². The molecule has 0 fully saturated rings. The van der Waals surface area contributed by atoms with Crippen LogP contribution in [0.5, 0.6) is 5.75 Å². The highest BCUT2D eigenvalue weighted by Crippen LogP contribution is 2.38. The Morgan fingerprint density at radius 2 is 1.31 bits per heavy atom. The third-order valence-electron chi connectivity index (χ3n) is 7.92. The normalized spacial score (nSPS) is 16.2. The number of nitrogens with zero attached hydrogens (tertiary/aromatic N) is 3. The van der Waals surface area contributed by atoms with Crippen LogP contribution in [-0.2, 0) is 28.2 Å². The highest BCUT2D eigenvalue weighted by atomic mass is 28.4. The predicted molar refractivity (Wildman–Crippen MR) is 210 cm³/mol. The molecule has 1 N–H and O–H groups in total. The second-order valence-electron chi connectivity index (χ2n) is 18.9. The van der Waals surface area contributed by atoms with E-state index in [0.717, 1.165) is 5.56 Å². The third-order valence-corrected chi connectivity index (χ3v) is 12.4. The van der Waals surface area contributed by atoms with Gasteiger partial charge in [-0.25, -0.2) is 34.0 Å². The average molecular weight is 779 g/mol. The number of esters is 1. The molecule has 0 radical (unpaired) electrons. The summed E-state index contributed by atoms with van der Waals surface area (Å²) in [5.41, 5.74) is -2.39. The Balaban J connectivity index is 2.42. The van der Waals surface area contributed by atoms with Crippen LogP contribution in [0.15, 0.2) is 29.3 Å². The lowest BCUT2D eigenvalue weighted by Crippen LogP contribution is -2.52. The molecule has 0 bridgehead atoms. The van der Waals surface area contributed by atoms with E-state index in [-0.39, 0.29) is 37.2 Å². The van der Waals surface area contributed by atoms with Crippen molar-refractivity contribution in [1.29, 1.82) is 0 Å². The number of guanidine groups is 1. The van der Waals surface area contributed by atoms with Crippen LogP contribution in [0.2, 0.25) is 18.1 Å². The molecule has 1 aliphatic heterocycles. The number of carbonyl (C=O) groups is 4. The van der Waals surface area contributed by atoms with Gasteiger partial charge >= 0.3 is 24.2 Å². The van der Waals surface area contributed by atoms with Gasteiger partial charge in [0.1, 0.15) is 34.8 Å². The molecule has 1 unspecified atom stereocenters. The largest absolute Gasteiger partial charge is 0.490 e. The molecule has 0 saturated heterocycles. The first-order valence-electron chi connectivity index (χ1n) is 18.5. The van der Waals surface area contributed by atoms with Gasteiger partial charge in [0.25, 0.3) is 0 Å². The zero-order chi connectivity index (χ0) is 41.7. The predicted octanol–water partition coefficient (Wildman–Crippen LogP) is 8.21. The number of carbonyl (C=O) groups excluding carboxylic acids is 4. The second kappa shape index (κ2) is 17.3. The topological polar surface area (TPSA) is 155 Å². The summed E-state index contributed by atoms with van der Waals surface area (Å²) in [6.45, 7) is 31.4. The van der Waals surface area contributed by atoms with Gasteiger partial charge in [-0.05, 0) is 119 Å². The molecule has 15 heteroatoms. The van der Waals surface area contributed by atoms with Crippen LogP contribution in [0.3, 0.4) is 0 Å². The maximum absolute atomic E-state index is 13.6. The van der Waals surface area contributed by atoms with Gasteiger partial charge in [-0.15, -0.1) is 0 Å². The summed E-state index contributed by atoms with van der Waals surface area (Å²) in [5.74, 6) is 0.00794. The van der Waals surface area contributed by atoms with Crippen molar-refractivity contribution in [1.82, 2.24) is 15.1 Å². The van der Waals surface area contributed by atoms with Gasteiger partial charge in [-0.3, -0.25) is 0 Å². The number of hydrogen-bond acceptors (Lipinski definition) is 11. The standard InChI is InChI=1S/C39H66N4O10Si/c1-35(2,3)49-30(44)29(53-54(16,17)39(13,14)15)25-48-27-20-18-26(19-21-27)28-24-43(34(47)52-38(10,11)12)31(41-28)42(33(46)51-37(7,8)9)23-22-40-32(45)50-36(4,5)6/h18-21,28-29H,22-25H2,1-17H3,(H,40,45)/t28?,29-/m1/s1. The Kier molecular flexibility index (Phi) is 14.8. The van der Waals surface area contributed by atoms with Gasteiger partial charge in [-0.2, -0.15) is 0 Å². The molecule has 0 aliphatic carbocycles. The van der Waals surface area contributed by atoms with E-state index in [4.69, 9.17) is 33.1 Å². The molecule has 0 saturated carbocycles. The van der Waals surface area contributed by atoms with Crippen molar-refractivity contribution in [2.24, 2.45) is 4.99 Å². The van der Waals surface area contributed by atoms with Gasteiger partial charge in [0.15, 0.2) is 14.4 Å². The van der Waals surface area contributed by atoms with Crippen LogP contribution in [0, 0.1) is 0 Å². The highest BCUT2D eigenvalue weighted by Gasteiger charge is 2.43. The van der Waals surface area contributed by atoms with Crippen molar-refractivity contribution in [2.45, 2.75) is 157 Å². The van der Waals surface area contributed by atoms with Crippen molar-refractivity contribution >= 4 is 38.5 Å². The monoisotopic (exact) mass is 778 g/mol. The van der Waals surface area contributed by atoms with Crippen molar-refractivity contribution in [3.05, 3.63) is 29.8 Å². The molecule has 306 valence electrons. The molecular weight excluding hydrogens is 713 g/mol. The lowest BCUT2D eigenvalue weighted by Gasteiger charge is -2.39. The van der Waals surface area contributed by atoms with E-state index in [0.29, 0.717) is 5.75 Å². The summed E-state index contributed by atoms with van der Waals surface area (Å²) < 4.78 is 35.0. The number of hydrogen-bond donors (Lipinski definition) is 1. The number of nitrogens with one attached hydrogen (secondary N) is 1. The van der Waals surface area contributed by atoms with E-state index >= 15 is 0 Å². The fourth-order valence-electron chi connectivity index (χ4n) is 4.56. The van der Waals surface area contributed by atoms with Gasteiger partial charge in [0.2, 0.25) is 5.96 Å². The summed E-state index contributed by atoms with van der Waals surface area (Å²) in [5, 5.41) is 2.51. The number of rotatable bonds is 10. The number of aliphatic imine (C=N–C) groups is 1. The Morgan fingerprint density at radius 1 is 0.796 bits per heavy atom. The molecule has 1 aliphatic rings. The van der Waals surface area contributed by atoms with Crippen LogP contribution >= 0.6 is 0 Å². The molecule has 14 nitrogen and oxygen atoms in total. The number of benzene rings is 1. The third kappa shape index (κ3) is 15.5. The fourth-order valence-corrected chi connectivity index (χ4v) is 5.78. The maximum Gasteiger partial charge on any atom is 0.417 e. The van der Waals surface area contributed by atoms with Gasteiger partial charge in [-0.1, -0.05) is 32.9 Å². The van der Waals surface area contributed by atoms with E-state index in [9.17, 15) is 19.2 Å². The Hall–Kier alpha value is -3.85. The van der Waals surface area contributed by atoms with Crippen molar-refractivity contribution < 1.29 is 47.3 Å². The lowest BCUT2D eigenvalue weighted by atomic mass is 10.1. The Morgan fingerprint density at radius 3 is 1.80 bits per heavy atom. The van der Waals surface area contributed by atoms with E-state index in [1.54, 1.807) is 86.6 Å². The molecule has 54 heavy (non-hydrogen) atoms. The fraction of sp³-hybridized carbons (Fsp3) is 0.718. The maximum atomic E-state index is 13.6. The molecule has 0 spiro atoms. The molecule has 1 aromatic rings. The SMILES string of the molecule is CC(C)(C)OC(=O)NCCN(C(=O)OC(C)(C)C)C1=NC(c2ccc(OC[C@@H](O[Si](C)(C)C(C)(C)C)C(=O)OC(C)(C)C)cc2)CN1C(=O)OC(C)(C)C. The number of alkyl carbamates (subject to hydrolysis) is 1. The van der Waals surface area contributed by atoms with Gasteiger partial charge < -0.3 is 33.4 Å². The van der Waals surface area contributed by atoms with Crippen LogP contribution in [-0.4, -0.2) is 103 Å². The van der Waals surface area contributed by atoms with Crippen LogP contribution in [0.4, 0.5) is 14.4 Å². The summed E-state index contributed by atoms with van der Waals surface area (Å²) in [4.78, 5) is 60.2. The van der Waals surface area contributed by atoms with Crippen molar-refractivity contribution in [3.8, 4) is 5.75 Å². The Labute approximate surface area is 323 Å². The zero-order valence-corrected chi connectivity index (χ0v) is 36.7. The molecule has 2 atom stereocenters. The zero-order valence-electron chi connectivity index (χ0n) is 35.7. The highest BCUT2D eigenvalue weighted by molar-refractivity contribution is 6.74. The van der Waals surface area contributed by atoms with E-state index in [1.165, 1.54) is 9.80 Å². The Bertz CT molecular complexity index is 1490. The molecule has 1 heterocycles. The number of amides is 3. The minimum absolute atomic E-state index is 0.0118. The summed E-state index contributed by atoms with van der Waals surface area (Å²) in [7, 11) is -2.37. The van der Waals surface area contributed by atoms with Crippen LogP contribution in [0.25, 0.3) is 0 Å². The van der Waals surface area contributed by atoms with Crippen molar-refractivity contribution in [3.63, 3.8) is 0 Å². The minimum Gasteiger partial charge on any atom is -0.490 e. The summed E-state index contributed by atoms with van der Waals surface area (Å²) in [6, 6.07) is 6.50. The first kappa shape index (κ1) is 46.3. The van der Waals surface area contributed by atoms with E-state index < -0.39 is 67.1 Å². The van der Waals surface area contributed by atoms with E-state index in [1.807, 2.05) is 20.8 Å². The van der Waals surface area contributed by atoms with Gasteiger partial charge in [0, 0.05) is 13.1 Å². The van der Waals surface area contributed by atoms with Crippen LogP contribution in [0.1, 0.15) is 115 Å². The quantitative estimate of drug-likeness (QED) is 0.140. The number of ether oxygens (including phenoxy) is 5. The van der Waals surface area contributed by atoms with Crippen LogP contribution < -0.4 is 10.1 Å². The molecule has 2 rings (SSSR count). The molecular formula is C39H66N4O10Si. The lowest BCUT2D eigenvalue weighted by molar-refractivity contribution is -0.165. The van der Waals surface area contributed by atoms with Crippen molar-refractivity contribution in [2.75, 3.05) is 26.2 Å². The first-order valence-corrected chi connectivity index (χ1v) is 21.4. The summed E-state index contributed by atoms with van der Waals surface area (Å²) >= 11 is 0. The molecule has 0 aromatic heterocycles. The average Bonchev–Trinajstić information content (AvgIpc) is 3.38. The summed E-state index contributed by atoms with van der Waals surface area (Å²) in [6.07, 6.45) is -3.05.